The average molecular weight is 432 g/mol. The number of likely N-dealkylation sites (tertiary alicyclic amines) is 2. The SMILES string of the molecule is CCOC(=O)N1CCC(N2CCCC(CCC(=O)NCc3cccc(OC)c3)C2)CC1. The van der Waals surface area contributed by atoms with Gasteiger partial charge in [-0.25, -0.2) is 4.79 Å². The molecule has 172 valence electrons. The fraction of sp³-hybridized carbons (Fsp3) is 0.667. The number of hydrogen-bond donors (Lipinski definition) is 1. The Hall–Kier alpha value is -2.28. The standard InChI is InChI=1S/C24H37N3O4/c1-3-31-24(29)26-14-11-21(12-15-26)27-13-5-7-19(18-27)9-10-23(28)25-17-20-6-4-8-22(16-20)30-2/h4,6,8,16,19,21H,3,5,7,9-15,17-18H2,1-2H3,(H,25,28). The van der Waals surface area contributed by atoms with E-state index in [9.17, 15) is 9.59 Å². The lowest BCUT2D eigenvalue weighted by Gasteiger charge is -2.42. The third-order valence-electron chi connectivity index (χ3n) is 6.46. The second-order valence-corrected chi connectivity index (χ2v) is 8.59. The van der Waals surface area contributed by atoms with Gasteiger partial charge >= 0.3 is 6.09 Å². The summed E-state index contributed by atoms with van der Waals surface area (Å²) in [5, 5.41) is 3.03. The maximum absolute atomic E-state index is 12.3. The number of carbonyl (C=O) groups is 2. The van der Waals surface area contributed by atoms with Gasteiger partial charge < -0.3 is 19.7 Å². The summed E-state index contributed by atoms with van der Waals surface area (Å²) in [6.45, 7) is 6.55. The molecule has 1 aromatic carbocycles. The molecule has 0 saturated carbocycles. The molecule has 31 heavy (non-hydrogen) atoms. The van der Waals surface area contributed by atoms with Crippen molar-refractivity contribution in [2.24, 2.45) is 5.92 Å². The monoisotopic (exact) mass is 431 g/mol. The zero-order chi connectivity index (χ0) is 22.1. The molecule has 7 nitrogen and oxygen atoms in total. The Balaban J connectivity index is 1.37. The molecule has 1 aromatic rings. The fourth-order valence-corrected chi connectivity index (χ4v) is 4.70. The maximum atomic E-state index is 12.3. The summed E-state index contributed by atoms with van der Waals surface area (Å²) in [7, 11) is 1.65. The largest absolute Gasteiger partial charge is 0.497 e. The first-order valence-electron chi connectivity index (χ1n) is 11.6. The molecule has 2 heterocycles. The van der Waals surface area contributed by atoms with Crippen LogP contribution in [0.2, 0.25) is 0 Å². The molecule has 1 N–H and O–H groups in total. The van der Waals surface area contributed by atoms with E-state index in [4.69, 9.17) is 9.47 Å². The topological polar surface area (TPSA) is 71.1 Å². The molecule has 3 rings (SSSR count). The third kappa shape index (κ3) is 7.13. The molecule has 0 spiro atoms. The van der Waals surface area contributed by atoms with Crippen molar-refractivity contribution in [1.82, 2.24) is 15.1 Å². The third-order valence-corrected chi connectivity index (χ3v) is 6.46. The highest BCUT2D eigenvalue weighted by atomic mass is 16.6. The van der Waals surface area contributed by atoms with E-state index in [0.717, 1.165) is 56.8 Å². The number of methoxy groups -OCH3 is 1. The molecule has 0 radical (unpaired) electrons. The number of nitrogens with zero attached hydrogens (tertiary/aromatic N) is 2. The highest BCUT2D eigenvalue weighted by Gasteiger charge is 2.30. The smallest absolute Gasteiger partial charge is 0.409 e. The number of nitrogens with one attached hydrogen (secondary N) is 1. The molecule has 0 aromatic heterocycles. The van der Waals surface area contributed by atoms with Crippen LogP contribution < -0.4 is 10.1 Å². The van der Waals surface area contributed by atoms with Crippen molar-refractivity contribution < 1.29 is 19.1 Å². The van der Waals surface area contributed by atoms with Gasteiger partial charge in [-0.15, -0.1) is 0 Å². The summed E-state index contributed by atoms with van der Waals surface area (Å²) < 4.78 is 10.4. The Morgan fingerprint density at radius 3 is 2.71 bits per heavy atom. The lowest BCUT2D eigenvalue weighted by atomic mass is 9.90. The van der Waals surface area contributed by atoms with Gasteiger partial charge in [0.05, 0.1) is 13.7 Å². The van der Waals surface area contributed by atoms with Crippen LogP contribution in [0.1, 0.15) is 51.0 Å². The Morgan fingerprint density at radius 1 is 1.16 bits per heavy atom. The van der Waals surface area contributed by atoms with Gasteiger partial charge in [-0.05, 0) is 69.2 Å². The van der Waals surface area contributed by atoms with E-state index in [1.807, 2.05) is 36.1 Å². The highest BCUT2D eigenvalue weighted by Crippen LogP contribution is 2.26. The van der Waals surface area contributed by atoms with Gasteiger partial charge in [0.2, 0.25) is 5.91 Å². The number of hydrogen-bond acceptors (Lipinski definition) is 5. The number of rotatable bonds is 8. The zero-order valence-electron chi connectivity index (χ0n) is 19.0. The molecule has 2 saturated heterocycles. The predicted octanol–water partition coefficient (Wildman–Crippen LogP) is 3.42. The summed E-state index contributed by atoms with van der Waals surface area (Å²) in [6.07, 6.45) is 5.72. The molecule has 7 heteroatoms. The van der Waals surface area contributed by atoms with E-state index < -0.39 is 0 Å². The first-order valence-corrected chi connectivity index (χ1v) is 11.6. The first kappa shape index (κ1) is 23.4. The van der Waals surface area contributed by atoms with E-state index in [0.29, 0.717) is 31.5 Å². The Labute approximate surface area is 186 Å². The molecule has 2 aliphatic heterocycles. The van der Waals surface area contributed by atoms with Crippen LogP contribution in [0, 0.1) is 5.92 Å². The van der Waals surface area contributed by atoms with Crippen molar-refractivity contribution >= 4 is 12.0 Å². The molecular formula is C24H37N3O4. The number of ether oxygens (including phenoxy) is 2. The van der Waals surface area contributed by atoms with Gasteiger partial charge in [-0.3, -0.25) is 9.69 Å². The van der Waals surface area contributed by atoms with Crippen LogP contribution in [-0.2, 0) is 16.1 Å². The number of amides is 2. The summed E-state index contributed by atoms with van der Waals surface area (Å²) >= 11 is 0. The molecule has 2 fully saturated rings. The van der Waals surface area contributed by atoms with Crippen molar-refractivity contribution in [3.63, 3.8) is 0 Å². The minimum atomic E-state index is -0.183. The molecule has 1 atom stereocenters. The van der Waals surface area contributed by atoms with Gasteiger partial charge in [0.15, 0.2) is 0 Å². The molecule has 2 aliphatic rings. The normalized spacial score (nSPS) is 20.3. The summed E-state index contributed by atoms with van der Waals surface area (Å²) in [5.41, 5.74) is 1.05. The van der Waals surface area contributed by atoms with E-state index in [1.165, 1.54) is 12.8 Å². The van der Waals surface area contributed by atoms with Crippen LogP contribution in [0.3, 0.4) is 0 Å². The quantitative estimate of drug-likeness (QED) is 0.683. The predicted molar refractivity (Wildman–Crippen MR) is 120 cm³/mol. The minimum Gasteiger partial charge on any atom is -0.497 e. The van der Waals surface area contributed by atoms with Gasteiger partial charge in [0, 0.05) is 38.6 Å². The van der Waals surface area contributed by atoms with E-state index in [-0.39, 0.29) is 12.0 Å². The number of piperidine rings is 2. The lowest BCUT2D eigenvalue weighted by molar-refractivity contribution is -0.121. The number of benzene rings is 1. The van der Waals surface area contributed by atoms with Crippen molar-refractivity contribution in [3.8, 4) is 5.75 Å². The van der Waals surface area contributed by atoms with Crippen molar-refractivity contribution in [1.29, 1.82) is 0 Å². The molecule has 0 bridgehead atoms. The Kier molecular flexibility index (Phi) is 9.00. The summed E-state index contributed by atoms with van der Waals surface area (Å²) in [6, 6.07) is 8.33. The second kappa shape index (κ2) is 11.9. The van der Waals surface area contributed by atoms with Crippen LogP contribution >= 0.6 is 0 Å². The van der Waals surface area contributed by atoms with E-state index in [2.05, 4.69) is 10.2 Å². The maximum Gasteiger partial charge on any atom is 0.409 e. The highest BCUT2D eigenvalue weighted by molar-refractivity contribution is 5.75. The van der Waals surface area contributed by atoms with Crippen LogP contribution in [0.4, 0.5) is 4.79 Å². The van der Waals surface area contributed by atoms with Crippen molar-refractivity contribution in [2.75, 3.05) is 39.9 Å². The summed E-state index contributed by atoms with van der Waals surface area (Å²) in [4.78, 5) is 28.7. The van der Waals surface area contributed by atoms with Crippen LogP contribution in [0.15, 0.2) is 24.3 Å². The van der Waals surface area contributed by atoms with Gasteiger partial charge in [-0.2, -0.15) is 0 Å². The molecule has 2 amide bonds. The molecule has 1 unspecified atom stereocenters. The average Bonchev–Trinajstić information content (AvgIpc) is 2.82. The van der Waals surface area contributed by atoms with Gasteiger partial charge in [0.1, 0.15) is 5.75 Å². The first-order chi connectivity index (χ1) is 15.1. The lowest BCUT2D eigenvalue weighted by Crippen LogP contribution is -2.49. The van der Waals surface area contributed by atoms with E-state index >= 15 is 0 Å². The van der Waals surface area contributed by atoms with Crippen LogP contribution in [-0.4, -0.2) is 67.7 Å². The van der Waals surface area contributed by atoms with Crippen molar-refractivity contribution in [3.05, 3.63) is 29.8 Å². The molecule has 0 aliphatic carbocycles. The van der Waals surface area contributed by atoms with Gasteiger partial charge in [-0.1, -0.05) is 12.1 Å². The fourth-order valence-electron chi connectivity index (χ4n) is 4.70. The van der Waals surface area contributed by atoms with Crippen LogP contribution in [0.25, 0.3) is 0 Å². The van der Waals surface area contributed by atoms with Crippen molar-refractivity contribution in [2.45, 2.75) is 58.0 Å². The summed E-state index contributed by atoms with van der Waals surface area (Å²) in [5.74, 6) is 1.49. The van der Waals surface area contributed by atoms with E-state index in [1.54, 1.807) is 7.11 Å². The van der Waals surface area contributed by atoms with Gasteiger partial charge in [0.25, 0.3) is 0 Å². The Bertz CT molecular complexity index is 719. The Morgan fingerprint density at radius 2 is 1.97 bits per heavy atom. The zero-order valence-corrected chi connectivity index (χ0v) is 19.0. The molecular weight excluding hydrogens is 394 g/mol. The van der Waals surface area contributed by atoms with Crippen LogP contribution in [0.5, 0.6) is 5.75 Å². The second-order valence-electron chi connectivity index (χ2n) is 8.59. The number of carbonyl (C=O) groups excluding carboxylic acids is 2. The minimum absolute atomic E-state index is 0.114.